The summed E-state index contributed by atoms with van der Waals surface area (Å²) in [7, 11) is 0. The Morgan fingerprint density at radius 2 is 1.39 bits per heavy atom. The normalized spacial score (nSPS) is 19.8. The average molecular weight is 320 g/mol. The molecule has 1 aliphatic heterocycles. The standard InChI is InChI=1S/C21H25BS/c1-14-6-8-18-16(10-14)17-11-15(7-9-19(17)23-18)22-12-20(2,3)21(4,5)13-22/h6-11H,12-13H2,1-5H3. The molecule has 23 heavy (non-hydrogen) atoms. The van der Waals surface area contributed by atoms with Gasteiger partial charge < -0.3 is 0 Å². The number of aryl methyl sites for hydroxylation is 1. The van der Waals surface area contributed by atoms with E-state index in [9.17, 15) is 0 Å². The van der Waals surface area contributed by atoms with Crippen LogP contribution < -0.4 is 5.46 Å². The van der Waals surface area contributed by atoms with E-state index in [1.54, 1.807) is 0 Å². The maximum atomic E-state index is 2.48. The summed E-state index contributed by atoms with van der Waals surface area (Å²) >= 11 is 1.92. The smallest absolute Gasteiger partial charge is 0.135 e. The molecular weight excluding hydrogens is 295 g/mol. The minimum absolute atomic E-state index is 0.417. The van der Waals surface area contributed by atoms with Gasteiger partial charge in [0.1, 0.15) is 0 Å². The topological polar surface area (TPSA) is 0 Å². The molecule has 0 unspecified atom stereocenters. The van der Waals surface area contributed by atoms with Crippen molar-refractivity contribution < 1.29 is 0 Å². The fraction of sp³-hybridized carbons (Fsp3) is 0.429. The van der Waals surface area contributed by atoms with Gasteiger partial charge in [-0.2, -0.15) is 0 Å². The van der Waals surface area contributed by atoms with Gasteiger partial charge in [0.25, 0.3) is 0 Å². The zero-order chi connectivity index (χ0) is 16.4. The summed E-state index contributed by atoms with van der Waals surface area (Å²) in [5.74, 6) is 0. The van der Waals surface area contributed by atoms with Crippen molar-refractivity contribution in [3.05, 3.63) is 42.0 Å². The number of fused-ring (bicyclic) bond motifs is 3. The van der Waals surface area contributed by atoms with Crippen LogP contribution in [-0.2, 0) is 0 Å². The molecule has 0 bridgehead atoms. The summed E-state index contributed by atoms with van der Waals surface area (Å²) in [6.07, 6.45) is 2.60. The van der Waals surface area contributed by atoms with Gasteiger partial charge in [0.15, 0.2) is 6.71 Å². The quantitative estimate of drug-likeness (QED) is 0.473. The molecule has 0 saturated carbocycles. The predicted molar refractivity (Wildman–Crippen MR) is 107 cm³/mol. The molecule has 1 aliphatic rings. The van der Waals surface area contributed by atoms with Crippen molar-refractivity contribution in [3.63, 3.8) is 0 Å². The second-order valence-electron chi connectivity index (χ2n) is 8.73. The Morgan fingerprint density at radius 3 is 2.04 bits per heavy atom. The van der Waals surface area contributed by atoms with E-state index in [-0.39, 0.29) is 0 Å². The van der Waals surface area contributed by atoms with Crippen LogP contribution in [-0.4, -0.2) is 6.71 Å². The maximum Gasteiger partial charge on any atom is 0.177 e. The van der Waals surface area contributed by atoms with Gasteiger partial charge in [-0.15, -0.1) is 11.3 Å². The molecule has 118 valence electrons. The molecule has 0 N–H and O–H groups in total. The van der Waals surface area contributed by atoms with E-state index in [4.69, 9.17) is 0 Å². The molecule has 0 nitrogen and oxygen atoms in total. The maximum absolute atomic E-state index is 2.48. The van der Waals surface area contributed by atoms with Crippen molar-refractivity contribution >= 4 is 43.7 Å². The van der Waals surface area contributed by atoms with E-state index in [1.807, 2.05) is 11.3 Å². The number of hydrogen-bond donors (Lipinski definition) is 0. The molecule has 1 fully saturated rings. The van der Waals surface area contributed by atoms with Crippen LogP contribution in [0.25, 0.3) is 20.2 Å². The molecule has 2 heteroatoms. The highest BCUT2D eigenvalue weighted by molar-refractivity contribution is 7.25. The first-order valence-electron chi connectivity index (χ1n) is 8.70. The van der Waals surface area contributed by atoms with Crippen LogP contribution in [0.2, 0.25) is 12.6 Å². The third-order valence-electron chi connectivity index (χ3n) is 6.47. The van der Waals surface area contributed by atoms with Gasteiger partial charge in [0.05, 0.1) is 0 Å². The molecule has 4 rings (SSSR count). The number of rotatable bonds is 1. The van der Waals surface area contributed by atoms with Crippen molar-refractivity contribution in [3.8, 4) is 0 Å². The highest BCUT2D eigenvalue weighted by atomic mass is 32.1. The molecule has 0 spiro atoms. The van der Waals surface area contributed by atoms with Crippen LogP contribution in [0.5, 0.6) is 0 Å². The molecule has 0 atom stereocenters. The highest BCUT2D eigenvalue weighted by Gasteiger charge is 2.48. The summed E-state index contributed by atoms with van der Waals surface area (Å²) in [6, 6.07) is 14.1. The zero-order valence-electron chi connectivity index (χ0n) is 14.9. The lowest BCUT2D eigenvalue weighted by atomic mass is 9.42. The second kappa shape index (κ2) is 4.86. The van der Waals surface area contributed by atoms with Crippen LogP contribution in [0.4, 0.5) is 0 Å². The largest absolute Gasteiger partial charge is 0.177 e. The molecule has 1 saturated heterocycles. The van der Waals surface area contributed by atoms with E-state index in [0.29, 0.717) is 17.5 Å². The molecule has 2 heterocycles. The first-order chi connectivity index (χ1) is 10.8. The Kier molecular flexibility index (Phi) is 3.23. The Bertz CT molecular complexity index is 885. The molecule has 3 aromatic rings. The van der Waals surface area contributed by atoms with Gasteiger partial charge in [0, 0.05) is 14.8 Å². The third kappa shape index (κ3) is 2.34. The lowest BCUT2D eigenvalue weighted by molar-refractivity contribution is 0.177. The van der Waals surface area contributed by atoms with Gasteiger partial charge in [-0.1, -0.05) is 69.6 Å². The number of thiophene rings is 1. The Labute approximate surface area is 144 Å². The first-order valence-corrected chi connectivity index (χ1v) is 9.51. The zero-order valence-corrected chi connectivity index (χ0v) is 15.7. The monoisotopic (exact) mass is 320 g/mol. The number of benzene rings is 2. The predicted octanol–water partition coefficient (Wildman–Crippen LogP) is 6.13. The second-order valence-corrected chi connectivity index (χ2v) is 9.81. The van der Waals surface area contributed by atoms with Crippen LogP contribution >= 0.6 is 11.3 Å². The Morgan fingerprint density at radius 1 is 0.826 bits per heavy atom. The molecule has 0 radical (unpaired) electrons. The van der Waals surface area contributed by atoms with Crippen molar-refractivity contribution in [2.45, 2.75) is 47.3 Å². The van der Waals surface area contributed by atoms with E-state index in [0.717, 1.165) is 0 Å². The lowest BCUT2D eigenvalue weighted by Crippen LogP contribution is -2.27. The van der Waals surface area contributed by atoms with Crippen LogP contribution in [0, 0.1) is 17.8 Å². The Hall–Kier alpha value is -1.28. The van der Waals surface area contributed by atoms with Gasteiger partial charge in [-0.25, -0.2) is 0 Å². The van der Waals surface area contributed by atoms with Crippen molar-refractivity contribution in [2.24, 2.45) is 10.8 Å². The van der Waals surface area contributed by atoms with Crippen molar-refractivity contribution in [1.29, 1.82) is 0 Å². The van der Waals surface area contributed by atoms with E-state index < -0.39 is 0 Å². The van der Waals surface area contributed by atoms with Crippen LogP contribution in [0.3, 0.4) is 0 Å². The molecule has 0 amide bonds. The van der Waals surface area contributed by atoms with Crippen LogP contribution in [0.1, 0.15) is 33.3 Å². The molecular formula is C21H25BS. The van der Waals surface area contributed by atoms with Gasteiger partial charge in [0.2, 0.25) is 0 Å². The minimum atomic E-state index is 0.417. The van der Waals surface area contributed by atoms with E-state index in [1.165, 1.54) is 43.8 Å². The molecule has 2 aromatic carbocycles. The fourth-order valence-electron chi connectivity index (χ4n) is 4.26. The molecule has 1 aromatic heterocycles. The van der Waals surface area contributed by atoms with Gasteiger partial charge in [-0.3, -0.25) is 0 Å². The van der Waals surface area contributed by atoms with E-state index in [2.05, 4.69) is 71.0 Å². The SMILES string of the molecule is Cc1ccc2sc3ccc(B4CC(C)(C)C(C)(C)C4)cc3c2c1. The summed E-state index contributed by atoms with van der Waals surface area (Å²) in [6.45, 7) is 12.6. The summed E-state index contributed by atoms with van der Waals surface area (Å²) in [5, 5.41) is 2.89. The first kappa shape index (κ1) is 15.3. The third-order valence-corrected chi connectivity index (χ3v) is 7.62. The van der Waals surface area contributed by atoms with Crippen molar-refractivity contribution in [2.75, 3.05) is 0 Å². The van der Waals surface area contributed by atoms with Gasteiger partial charge in [-0.05, 0) is 41.3 Å². The summed E-state index contributed by atoms with van der Waals surface area (Å²) in [5.41, 5.74) is 3.72. The number of hydrogen-bond acceptors (Lipinski definition) is 1. The Balaban J connectivity index is 1.83. The summed E-state index contributed by atoms with van der Waals surface area (Å²) < 4.78 is 2.83. The summed E-state index contributed by atoms with van der Waals surface area (Å²) in [4.78, 5) is 0. The fourth-order valence-corrected chi connectivity index (χ4v) is 5.32. The van der Waals surface area contributed by atoms with Crippen molar-refractivity contribution in [1.82, 2.24) is 0 Å². The van der Waals surface area contributed by atoms with E-state index >= 15 is 0 Å². The lowest BCUT2D eigenvalue weighted by Gasteiger charge is -2.35. The minimum Gasteiger partial charge on any atom is -0.135 e. The van der Waals surface area contributed by atoms with Gasteiger partial charge >= 0.3 is 0 Å². The highest BCUT2D eigenvalue weighted by Crippen LogP contribution is 2.52. The van der Waals surface area contributed by atoms with Crippen LogP contribution in [0.15, 0.2) is 36.4 Å². The molecule has 0 aliphatic carbocycles. The average Bonchev–Trinajstić information content (AvgIpc) is 2.93.